The van der Waals surface area contributed by atoms with E-state index in [2.05, 4.69) is 127 Å². The van der Waals surface area contributed by atoms with Crippen LogP contribution in [-0.4, -0.2) is 8.24 Å². The second-order valence-electron chi connectivity index (χ2n) is 10.4. The summed E-state index contributed by atoms with van der Waals surface area (Å²) in [7, 11) is -1.96. The summed E-state index contributed by atoms with van der Waals surface area (Å²) < 4.78 is 2.76. The summed E-state index contributed by atoms with van der Waals surface area (Å²) in [6.45, 7) is 7.71. The van der Waals surface area contributed by atoms with Gasteiger partial charge in [-0.2, -0.15) is 0 Å². The lowest BCUT2D eigenvalue weighted by Gasteiger charge is -2.49. The highest BCUT2D eigenvalue weighted by Crippen LogP contribution is 2.59. The molecule has 0 spiro atoms. The highest BCUT2D eigenvalue weighted by molar-refractivity contribution is 6.84. The van der Waals surface area contributed by atoms with Gasteiger partial charge in [-0.25, -0.2) is 0 Å². The number of para-hydroxylation sites is 4. The van der Waals surface area contributed by atoms with Crippen LogP contribution in [-0.2, 0) is 0 Å². The zero-order chi connectivity index (χ0) is 22.6. The van der Waals surface area contributed by atoms with Crippen LogP contribution in [0, 0.1) is 17.8 Å². The molecule has 3 aromatic rings. The maximum atomic E-state index is 3.69. The van der Waals surface area contributed by atoms with Gasteiger partial charge in [0.05, 0.1) is 22.7 Å². The second kappa shape index (κ2) is 7.77. The summed E-state index contributed by atoms with van der Waals surface area (Å²) in [5.41, 5.74) is 8.71. The van der Waals surface area contributed by atoms with Gasteiger partial charge in [-0.1, -0.05) is 92.8 Å². The van der Waals surface area contributed by atoms with E-state index < -0.39 is 8.24 Å². The zero-order valence-electron chi connectivity index (χ0n) is 19.7. The van der Waals surface area contributed by atoms with E-state index in [1.54, 1.807) is 0 Å². The third-order valence-corrected chi connectivity index (χ3v) is 12.4. The first-order chi connectivity index (χ1) is 16.1. The third-order valence-electron chi connectivity index (χ3n) is 8.19. The number of rotatable bonds is 3. The van der Waals surface area contributed by atoms with Gasteiger partial charge in [-0.05, 0) is 65.1 Å². The summed E-state index contributed by atoms with van der Waals surface area (Å²) in [5, 5.41) is 3.69. The first kappa shape index (κ1) is 20.6. The fourth-order valence-corrected chi connectivity index (χ4v) is 11.8. The molecule has 0 aromatic heterocycles. The molecule has 1 aliphatic heterocycles. The van der Waals surface area contributed by atoms with Crippen LogP contribution in [0.3, 0.4) is 0 Å². The molecular weight excluding hydrogens is 416 g/mol. The van der Waals surface area contributed by atoms with Crippen molar-refractivity contribution in [2.24, 2.45) is 17.8 Å². The van der Waals surface area contributed by atoms with Crippen molar-refractivity contribution in [3.63, 3.8) is 0 Å². The quantitative estimate of drug-likeness (QED) is 0.405. The molecule has 1 saturated carbocycles. The number of hydrogen-bond donors (Lipinski definition) is 1. The van der Waals surface area contributed by atoms with Crippen LogP contribution in [0.15, 0.2) is 97.1 Å². The Kier molecular flexibility index (Phi) is 4.84. The van der Waals surface area contributed by atoms with Gasteiger partial charge in [0.15, 0.2) is 8.24 Å². The Labute approximate surface area is 198 Å². The SMILES string of the molecule is C[C@@H]1C[C@@H]2C(c3ccccc3)=CC=C[C@@H]2C1[Si](C)(C)N1c2ccccc2Nc2ccccc21. The maximum Gasteiger partial charge on any atom is 0.160 e. The number of allylic oxidation sites excluding steroid dienone is 4. The predicted molar refractivity (Wildman–Crippen MR) is 144 cm³/mol. The summed E-state index contributed by atoms with van der Waals surface area (Å²) in [4.78, 5) is 0. The summed E-state index contributed by atoms with van der Waals surface area (Å²) in [6, 6.07) is 28.7. The molecule has 0 bridgehead atoms. The Hall–Kier alpha value is -3.04. The summed E-state index contributed by atoms with van der Waals surface area (Å²) in [5.74, 6) is 1.89. The molecule has 2 nitrogen and oxygen atoms in total. The Balaban J connectivity index is 1.43. The number of anilines is 4. The van der Waals surface area contributed by atoms with Gasteiger partial charge in [0.25, 0.3) is 0 Å². The van der Waals surface area contributed by atoms with E-state index in [1.165, 1.54) is 40.3 Å². The van der Waals surface area contributed by atoms with Crippen molar-refractivity contribution in [3.8, 4) is 0 Å². The van der Waals surface area contributed by atoms with Gasteiger partial charge in [0.2, 0.25) is 0 Å². The van der Waals surface area contributed by atoms with Gasteiger partial charge in [-0.15, -0.1) is 0 Å². The zero-order valence-corrected chi connectivity index (χ0v) is 20.7. The highest BCUT2D eigenvalue weighted by atomic mass is 28.3. The van der Waals surface area contributed by atoms with E-state index in [0.717, 1.165) is 0 Å². The smallest absolute Gasteiger partial charge is 0.160 e. The largest absolute Gasteiger partial charge is 0.366 e. The van der Waals surface area contributed by atoms with Crippen LogP contribution in [0.1, 0.15) is 18.9 Å². The number of benzene rings is 3. The minimum Gasteiger partial charge on any atom is -0.366 e. The minimum atomic E-state index is -1.96. The van der Waals surface area contributed by atoms with Crippen molar-refractivity contribution in [1.82, 2.24) is 0 Å². The Morgan fingerprint density at radius 3 is 2.09 bits per heavy atom. The number of hydrogen-bond acceptors (Lipinski definition) is 2. The minimum absolute atomic E-state index is 0.594. The van der Waals surface area contributed by atoms with Crippen molar-refractivity contribution >= 4 is 36.6 Å². The van der Waals surface area contributed by atoms with Crippen molar-refractivity contribution in [2.75, 3.05) is 9.88 Å². The fourth-order valence-electron chi connectivity index (χ4n) is 7.03. The Morgan fingerprint density at radius 1 is 0.818 bits per heavy atom. The first-order valence-electron chi connectivity index (χ1n) is 12.2. The molecule has 1 N–H and O–H groups in total. The van der Waals surface area contributed by atoms with Crippen LogP contribution in [0.2, 0.25) is 18.6 Å². The molecule has 6 rings (SSSR count). The normalized spacial score (nSPS) is 25.5. The molecule has 166 valence electrons. The van der Waals surface area contributed by atoms with Gasteiger partial charge in [0, 0.05) is 0 Å². The van der Waals surface area contributed by atoms with E-state index in [1.807, 2.05) is 0 Å². The predicted octanol–water partition coefficient (Wildman–Crippen LogP) is 8.38. The highest BCUT2D eigenvalue weighted by Gasteiger charge is 2.53. The molecule has 4 atom stereocenters. The van der Waals surface area contributed by atoms with Gasteiger partial charge in [-0.3, -0.25) is 0 Å². The summed E-state index contributed by atoms with van der Waals surface area (Å²) in [6.07, 6.45) is 8.50. The topological polar surface area (TPSA) is 15.3 Å². The average molecular weight is 449 g/mol. The van der Waals surface area contributed by atoms with E-state index in [-0.39, 0.29) is 0 Å². The third kappa shape index (κ3) is 3.21. The molecular formula is C30H32N2Si. The first-order valence-corrected chi connectivity index (χ1v) is 15.3. The average Bonchev–Trinajstić information content (AvgIpc) is 3.19. The van der Waals surface area contributed by atoms with Crippen molar-refractivity contribution < 1.29 is 0 Å². The molecule has 1 fully saturated rings. The maximum absolute atomic E-state index is 3.69. The van der Waals surface area contributed by atoms with Crippen LogP contribution >= 0.6 is 0 Å². The van der Waals surface area contributed by atoms with Gasteiger partial charge in [0.1, 0.15) is 0 Å². The summed E-state index contributed by atoms with van der Waals surface area (Å²) >= 11 is 0. The fraction of sp³-hybridized carbons (Fsp3) is 0.267. The Bertz CT molecular complexity index is 1200. The van der Waals surface area contributed by atoms with Crippen molar-refractivity contribution in [2.45, 2.75) is 32.0 Å². The second-order valence-corrected chi connectivity index (χ2v) is 14.9. The molecule has 3 aliphatic rings. The van der Waals surface area contributed by atoms with Crippen molar-refractivity contribution in [3.05, 3.63) is 103 Å². The van der Waals surface area contributed by atoms with Crippen LogP contribution in [0.25, 0.3) is 5.57 Å². The standard InChI is InChI=1S/C30H32N2Si/c1-21-20-25-23(22-12-5-4-6-13-22)14-11-15-24(25)30(21)33(2,3)32-28-18-9-7-16-26(28)31-27-17-8-10-19-29(27)32/h4-19,21,24-25,30-31H,20H2,1-3H3/t21-,24+,25-,30?/m1/s1. The molecule has 33 heavy (non-hydrogen) atoms. The molecule has 1 heterocycles. The molecule has 3 heteroatoms. The Morgan fingerprint density at radius 2 is 1.42 bits per heavy atom. The van der Waals surface area contributed by atoms with Gasteiger partial charge >= 0.3 is 0 Å². The number of nitrogens with zero attached hydrogens (tertiary/aromatic N) is 1. The molecule has 0 radical (unpaired) electrons. The van der Waals surface area contributed by atoms with Crippen molar-refractivity contribution in [1.29, 1.82) is 0 Å². The molecule has 0 amide bonds. The lowest BCUT2D eigenvalue weighted by molar-refractivity contribution is 0.550. The molecule has 2 aliphatic carbocycles. The van der Waals surface area contributed by atoms with E-state index in [4.69, 9.17) is 0 Å². The lowest BCUT2D eigenvalue weighted by Crippen LogP contribution is -2.53. The van der Waals surface area contributed by atoms with E-state index in [0.29, 0.717) is 23.3 Å². The van der Waals surface area contributed by atoms with E-state index in [9.17, 15) is 0 Å². The molecule has 3 aromatic carbocycles. The van der Waals surface area contributed by atoms with Crippen LogP contribution in [0.4, 0.5) is 22.7 Å². The van der Waals surface area contributed by atoms with Crippen LogP contribution < -0.4 is 9.88 Å². The van der Waals surface area contributed by atoms with Gasteiger partial charge < -0.3 is 9.88 Å². The monoisotopic (exact) mass is 448 g/mol. The molecule has 1 unspecified atom stereocenters. The molecule has 0 saturated heterocycles. The lowest BCUT2D eigenvalue weighted by atomic mass is 9.81. The van der Waals surface area contributed by atoms with Crippen LogP contribution in [0.5, 0.6) is 0 Å². The number of nitrogens with one attached hydrogen (secondary N) is 1. The number of fused-ring (bicyclic) bond motifs is 3. The van der Waals surface area contributed by atoms with E-state index >= 15 is 0 Å².